The Balaban J connectivity index is 2.80. The second kappa shape index (κ2) is 5.93. The van der Waals surface area contributed by atoms with Crippen LogP contribution in [0.2, 0.25) is 0 Å². The lowest BCUT2D eigenvalue weighted by Gasteiger charge is -2.31. The van der Waals surface area contributed by atoms with Gasteiger partial charge in [0, 0.05) is 11.8 Å². The molecule has 0 heterocycles. The Morgan fingerprint density at radius 3 is 2.32 bits per heavy atom. The average Bonchev–Trinajstić information content (AvgIpc) is 2.34. The van der Waals surface area contributed by atoms with Crippen molar-refractivity contribution >= 4 is 11.8 Å². The van der Waals surface area contributed by atoms with E-state index in [0.717, 1.165) is 25.7 Å². The first-order chi connectivity index (χ1) is 8.67. The zero-order valence-electron chi connectivity index (χ0n) is 12.5. The van der Waals surface area contributed by atoms with Crippen LogP contribution in [0.5, 0.6) is 0 Å². The summed E-state index contributed by atoms with van der Waals surface area (Å²) >= 11 is 0. The number of carbonyl (C=O) groups is 2. The molecule has 0 spiro atoms. The van der Waals surface area contributed by atoms with Gasteiger partial charge in [-0.3, -0.25) is 9.59 Å². The van der Waals surface area contributed by atoms with E-state index >= 15 is 0 Å². The molecule has 0 radical (unpaired) electrons. The third-order valence-electron chi connectivity index (χ3n) is 4.52. The Hall–Kier alpha value is -1.06. The minimum atomic E-state index is -0.442. The smallest absolute Gasteiger partial charge is 0.223 e. The average molecular weight is 268 g/mol. The van der Waals surface area contributed by atoms with Crippen molar-refractivity contribution in [3.63, 3.8) is 0 Å². The number of hydrogen-bond acceptors (Lipinski definition) is 2. The van der Waals surface area contributed by atoms with Gasteiger partial charge in [0.1, 0.15) is 0 Å². The Morgan fingerprint density at radius 2 is 1.79 bits per heavy atom. The van der Waals surface area contributed by atoms with Crippen molar-refractivity contribution in [2.24, 2.45) is 28.2 Å². The van der Waals surface area contributed by atoms with E-state index in [2.05, 4.69) is 20.8 Å². The van der Waals surface area contributed by atoms with E-state index < -0.39 is 5.41 Å². The van der Waals surface area contributed by atoms with Gasteiger partial charge in [0.25, 0.3) is 0 Å². The molecule has 0 aromatic carbocycles. The summed E-state index contributed by atoms with van der Waals surface area (Å²) in [7, 11) is 0. The van der Waals surface area contributed by atoms with E-state index in [1.807, 2.05) is 0 Å². The molecule has 4 nitrogen and oxygen atoms in total. The molecule has 1 aliphatic carbocycles. The van der Waals surface area contributed by atoms with Crippen LogP contribution in [0.3, 0.4) is 0 Å². The van der Waals surface area contributed by atoms with Crippen molar-refractivity contribution < 1.29 is 9.59 Å². The molecule has 0 aliphatic heterocycles. The monoisotopic (exact) mass is 268 g/mol. The van der Waals surface area contributed by atoms with Crippen LogP contribution in [-0.2, 0) is 9.59 Å². The highest BCUT2D eigenvalue weighted by molar-refractivity contribution is 5.81. The molecule has 2 unspecified atom stereocenters. The molecule has 110 valence electrons. The fourth-order valence-electron chi connectivity index (χ4n) is 3.64. The molecule has 19 heavy (non-hydrogen) atoms. The van der Waals surface area contributed by atoms with Gasteiger partial charge in [0.05, 0.1) is 0 Å². The number of primary amides is 2. The van der Waals surface area contributed by atoms with Crippen molar-refractivity contribution in [2.45, 2.75) is 65.7 Å². The van der Waals surface area contributed by atoms with Crippen LogP contribution in [0.15, 0.2) is 0 Å². The van der Waals surface area contributed by atoms with Crippen LogP contribution in [-0.4, -0.2) is 11.8 Å². The van der Waals surface area contributed by atoms with Crippen molar-refractivity contribution in [2.75, 3.05) is 0 Å². The van der Waals surface area contributed by atoms with Gasteiger partial charge in [0.15, 0.2) is 0 Å². The molecule has 0 bridgehead atoms. The lowest BCUT2D eigenvalue weighted by atomic mass is 9.73. The first-order valence-electron chi connectivity index (χ1n) is 7.25. The van der Waals surface area contributed by atoms with Crippen molar-refractivity contribution in [3.05, 3.63) is 0 Å². The molecule has 1 fully saturated rings. The van der Waals surface area contributed by atoms with Gasteiger partial charge in [0.2, 0.25) is 11.8 Å². The lowest BCUT2D eigenvalue weighted by molar-refractivity contribution is -0.130. The topological polar surface area (TPSA) is 86.2 Å². The Morgan fingerprint density at radius 1 is 1.16 bits per heavy atom. The quantitative estimate of drug-likeness (QED) is 0.750. The van der Waals surface area contributed by atoms with E-state index in [1.165, 1.54) is 0 Å². The minimum Gasteiger partial charge on any atom is -0.370 e. The van der Waals surface area contributed by atoms with Crippen LogP contribution >= 0.6 is 0 Å². The fourth-order valence-corrected chi connectivity index (χ4v) is 3.64. The number of hydrogen-bond donors (Lipinski definition) is 2. The van der Waals surface area contributed by atoms with Gasteiger partial charge in [-0.1, -0.05) is 20.8 Å². The third kappa shape index (κ3) is 4.51. The van der Waals surface area contributed by atoms with E-state index in [0.29, 0.717) is 25.2 Å². The summed E-state index contributed by atoms with van der Waals surface area (Å²) in [6.45, 7) is 6.70. The summed E-state index contributed by atoms with van der Waals surface area (Å²) in [4.78, 5) is 22.8. The summed E-state index contributed by atoms with van der Waals surface area (Å²) in [6.07, 6.45) is 5.49. The summed E-state index contributed by atoms with van der Waals surface area (Å²) in [5.41, 5.74) is 10.7. The highest BCUT2D eigenvalue weighted by Gasteiger charge is 2.42. The van der Waals surface area contributed by atoms with Crippen molar-refractivity contribution in [1.29, 1.82) is 0 Å². The van der Waals surface area contributed by atoms with E-state index in [9.17, 15) is 9.59 Å². The lowest BCUT2D eigenvalue weighted by Crippen LogP contribution is -2.38. The van der Waals surface area contributed by atoms with Gasteiger partial charge in [-0.05, 0) is 49.9 Å². The van der Waals surface area contributed by atoms with Crippen LogP contribution in [0.25, 0.3) is 0 Å². The first-order valence-corrected chi connectivity index (χ1v) is 7.25. The summed E-state index contributed by atoms with van der Waals surface area (Å²) in [5, 5.41) is 0. The predicted octanol–water partition coefficient (Wildman–Crippen LogP) is 2.35. The molecule has 0 aromatic heterocycles. The number of amides is 2. The molecular formula is C15H28N2O2. The molecule has 0 saturated heterocycles. The molecule has 1 aliphatic rings. The van der Waals surface area contributed by atoms with Gasteiger partial charge >= 0.3 is 0 Å². The van der Waals surface area contributed by atoms with Crippen LogP contribution in [0.4, 0.5) is 0 Å². The van der Waals surface area contributed by atoms with E-state index in [4.69, 9.17) is 11.5 Å². The van der Waals surface area contributed by atoms with Crippen LogP contribution in [0, 0.1) is 16.7 Å². The number of nitrogens with two attached hydrogens (primary N) is 2. The molecular weight excluding hydrogens is 240 g/mol. The van der Waals surface area contributed by atoms with Crippen molar-refractivity contribution in [1.82, 2.24) is 0 Å². The maximum Gasteiger partial charge on any atom is 0.223 e. The van der Waals surface area contributed by atoms with Crippen molar-refractivity contribution in [3.8, 4) is 0 Å². The van der Waals surface area contributed by atoms with E-state index in [1.54, 1.807) is 0 Å². The zero-order chi connectivity index (χ0) is 14.7. The van der Waals surface area contributed by atoms with Gasteiger partial charge in [-0.2, -0.15) is 0 Å². The number of carbonyl (C=O) groups excluding carboxylic acids is 2. The molecule has 4 heteroatoms. The molecule has 1 rings (SSSR count). The molecule has 4 N–H and O–H groups in total. The standard InChI is InChI=1S/C15H28N2O2/c1-11-9-14(2,3)7-8-15(10-11,13(17)19)6-4-5-12(16)18/h11H,4-10H2,1-3H3,(H2,16,18)(H2,17,19). The summed E-state index contributed by atoms with van der Waals surface area (Å²) in [5.74, 6) is -0.0262. The van der Waals surface area contributed by atoms with Crippen LogP contribution in [0.1, 0.15) is 65.7 Å². The highest BCUT2D eigenvalue weighted by Crippen LogP contribution is 2.47. The highest BCUT2D eigenvalue weighted by atomic mass is 16.1. The van der Waals surface area contributed by atoms with Gasteiger partial charge < -0.3 is 11.5 Å². The minimum absolute atomic E-state index is 0.207. The predicted molar refractivity (Wildman–Crippen MR) is 76.1 cm³/mol. The molecule has 2 atom stereocenters. The fraction of sp³-hybridized carbons (Fsp3) is 0.867. The maximum atomic E-state index is 12.0. The second-order valence-electron chi connectivity index (χ2n) is 7.14. The maximum absolute atomic E-state index is 12.0. The first kappa shape index (κ1) is 16.0. The summed E-state index contributed by atoms with van der Waals surface area (Å²) < 4.78 is 0. The summed E-state index contributed by atoms with van der Waals surface area (Å²) in [6, 6.07) is 0. The molecule has 2 amide bonds. The SMILES string of the molecule is CC1CC(C)(C)CCC(CCCC(N)=O)(C(N)=O)C1. The molecule has 1 saturated carbocycles. The normalized spacial score (nSPS) is 30.6. The Labute approximate surface area is 116 Å². The van der Waals surface area contributed by atoms with Gasteiger partial charge in [-0.25, -0.2) is 0 Å². The second-order valence-corrected chi connectivity index (χ2v) is 7.14. The third-order valence-corrected chi connectivity index (χ3v) is 4.52. The van der Waals surface area contributed by atoms with Gasteiger partial charge in [-0.15, -0.1) is 0 Å². The number of rotatable bonds is 5. The van der Waals surface area contributed by atoms with Crippen LogP contribution < -0.4 is 11.5 Å². The Kier molecular flexibility index (Phi) is 4.99. The largest absolute Gasteiger partial charge is 0.370 e. The Bertz CT molecular complexity index is 352. The van der Waals surface area contributed by atoms with E-state index in [-0.39, 0.29) is 17.2 Å². The molecule has 0 aromatic rings. The zero-order valence-corrected chi connectivity index (χ0v) is 12.5.